The topological polar surface area (TPSA) is 58.2 Å². The monoisotopic (exact) mass is 416 g/mol. The Bertz CT molecular complexity index is 958. The summed E-state index contributed by atoms with van der Waals surface area (Å²) in [6.07, 6.45) is 0. The number of carbonyl (C=O) groups is 2. The van der Waals surface area contributed by atoms with Crippen LogP contribution in [-0.2, 0) is 10.5 Å². The van der Waals surface area contributed by atoms with Crippen molar-refractivity contribution in [3.05, 3.63) is 75.4 Å². The first-order valence-corrected chi connectivity index (χ1v) is 10.4. The van der Waals surface area contributed by atoms with Crippen LogP contribution in [0.4, 0.5) is 11.4 Å². The third-order valence-electron chi connectivity index (χ3n) is 3.62. The van der Waals surface area contributed by atoms with Crippen molar-refractivity contribution in [2.24, 2.45) is 0 Å². The molecular weight excluding hydrogens is 400 g/mol. The smallest absolute Gasteiger partial charge is 0.256 e. The van der Waals surface area contributed by atoms with Crippen molar-refractivity contribution >= 4 is 57.9 Å². The second-order valence-corrected chi connectivity index (χ2v) is 8.15. The Morgan fingerprint density at radius 2 is 1.89 bits per heavy atom. The number of thioether (sulfide) groups is 1. The van der Waals surface area contributed by atoms with Crippen molar-refractivity contribution in [3.8, 4) is 0 Å². The van der Waals surface area contributed by atoms with E-state index in [1.54, 1.807) is 47.4 Å². The number of carbonyl (C=O) groups excluding carboxylic acids is 2. The Morgan fingerprint density at radius 1 is 1.07 bits per heavy atom. The lowest BCUT2D eigenvalue weighted by atomic mass is 10.2. The number of hydrogen-bond acceptors (Lipinski definition) is 4. The molecule has 1 aromatic heterocycles. The molecule has 0 aliphatic rings. The minimum absolute atomic E-state index is 0.181. The molecule has 0 aliphatic heterocycles. The Labute approximate surface area is 170 Å². The molecule has 0 aliphatic carbocycles. The van der Waals surface area contributed by atoms with Crippen LogP contribution in [0.1, 0.15) is 22.2 Å². The molecule has 2 aromatic carbocycles. The first kappa shape index (κ1) is 19.5. The zero-order chi connectivity index (χ0) is 19.2. The number of amides is 2. The fourth-order valence-electron chi connectivity index (χ4n) is 2.41. The zero-order valence-electron chi connectivity index (χ0n) is 14.5. The van der Waals surface area contributed by atoms with Crippen LogP contribution in [0.5, 0.6) is 0 Å². The van der Waals surface area contributed by atoms with E-state index >= 15 is 0 Å². The van der Waals surface area contributed by atoms with Gasteiger partial charge in [-0.3, -0.25) is 9.59 Å². The van der Waals surface area contributed by atoms with E-state index in [4.69, 9.17) is 11.6 Å². The first-order chi connectivity index (χ1) is 13.0. The highest BCUT2D eigenvalue weighted by atomic mass is 35.5. The maximum absolute atomic E-state index is 12.8. The highest BCUT2D eigenvalue weighted by Gasteiger charge is 2.14. The van der Waals surface area contributed by atoms with E-state index in [0.717, 1.165) is 10.6 Å². The number of nitrogens with one attached hydrogen (secondary N) is 2. The molecule has 0 saturated heterocycles. The Morgan fingerprint density at radius 3 is 2.59 bits per heavy atom. The van der Waals surface area contributed by atoms with E-state index in [1.165, 1.54) is 11.8 Å². The lowest BCUT2D eigenvalue weighted by Crippen LogP contribution is -2.13. The standard InChI is InChI=1S/C20H17ClN2O2S2/c1-13(24)22-14-8-9-18(17(21)11-14)23-20(25)16-6-2-3-7-19(16)27-12-15-5-4-10-26-15/h2-11H,12H2,1H3,(H,22,24)(H,23,25). The molecule has 27 heavy (non-hydrogen) atoms. The molecule has 7 heteroatoms. The molecule has 0 radical (unpaired) electrons. The van der Waals surface area contributed by atoms with Crippen LogP contribution in [0.25, 0.3) is 0 Å². The highest BCUT2D eigenvalue weighted by molar-refractivity contribution is 7.98. The van der Waals surface area contributed by atoms with E-state index < -0.39 is 0 Å². The van der Waals surface area contributed by atoms with Gasteiger partial charge in [0.05, 0.1) is 16.3 Å². The summed E-state index contributed by atoms with van der Waals surface area (Å²) in [7, 11) is 0. The summed E-state index contributed by atoms with van der Waals surface area (Å²) in [4.78, 5) is 26.1. The molecule has 0 atom stereocenters. The second kappa shape index (κ2) is 9.08. The average molecular weight is 417 g/mol. The molecule has 4 nitrogen and oxygen atoms in total. The number of halogens is 1. The molecular formula is C20H17ClN2O2S2. The summed E-state index contributed by atoms with van der Waals surface area (Å²) in [5.74, 6) is 0.409. The van der Waals surface area contributed by atoms with Crippen LogP contribution in [0.2, 0.25) is 5.02 Å². The largest absolute Gasteiger partial charge is 0.326 e. The van der Waals surface area contributed by atoms with Crippen LogP contribution < -0.4 is 10.6 Å². The van der Waals surface area contributed by atoms with E-state index in [1.807, 2.05) is 29.6 Å². The van der Waals surface area contributed by atoms with Gasteiger partial charge in [-0.05, 0) is 41.8 Å². The molecule has 3 rings (SSSR count). The molecule has 0 saturated carbocycles. The minimum atomic E-state index is -0.224. The third kappa shape index (κ3) is 5.35. The van der Waals surface area contributed by atoms with Gasteiger partial charge in [0, 0.05) is 28.1 Å². The normalized spacial score (nSPS) is 10.4. The molecule has 3 aromatic rings. The van der Waals surface area contributed by atoms with Gasteiger partial charge in [-0.25, -0.2) is 0 Å². The summed E-state index contributed by atoms with van der Waals surface area (Å²) in [5.41, 5.74) is 1.67. The van der Waals surface area contributed by atoms with Crippen molar-refractivity contribution in [2.45, 2.75) is 17.6 Å². The van der Waals surface area contributed by atoms with Gasteiger partial charge in [0.15, 0.2) is 0 Å². The van der Waals surface area contributed by atoms with Gasteiger partial charge in [-0.1, -0.05) is 29.8 Å². The molecule has 2 amide bonds. The van der Waals surface area contributed by atoms with Crippen molar-refractivity contribution < 1.29 is 9.59 Å². The van der Waals surface area contributed by atoms with E-state index in [0.29, 0.717) is 22.0 Å². The fourth-order valence-corrected chi connectivity index (χ4v) is 4.46. The van der Waals surface area contributed by atoms with Gasteiger partial charge in [-0.2, -0.15) is 0 Å². The molecule has 0 bridgehead atoms. The lowest BCUT2D eigenvalue weighted by molar-refractivity contribution is -0.114. The number of anilines is 2. The Balaban J connectivity index is 1.73. The molecule has 1 heterocycles. The van der Waals surface area contributed by atoms with Crippen molar-refractivity contribution in [3.63, 3.8) is 0 Å². The molecule has 2 N–H and O–H groups in total. The summed E-state index contributed by atoms with van der Waals surface area (Å²) in [6, 6.07) is 16.6. The summed E-state index contributed by atoms with van der Waals surface area (Å²) >= 11 is 9.57. The average Bonchev–Trinajstić information content (AvgIpc) is 3.15. The van der Waals surface area contributed by atoms with Crippen LogP contribution >= 0.6 is 34.7 Å². The van der Waals surface area contributed by atoms with Gasteiger partial charge in [0.25, 0.3) is 5.91 Å². The van der Waals surface area contributed by atoms with E-state index in [2.05, 4.69) is 16.7 Å². The van der Waals surface area contributed by atoms with Crippen LogP contribution in [0.3, 0.4) is 0 Å². The van der Waals surface area contributed by atoms with Gasteiger partial charge >= 0.3 is 0 Å². The molecule has 0 spiro atoms. The molecule has 0 unspecified atom stereocenters. The zero-order valence-corrected chi connectivity index (χ0v) is 16.9. The van der Waals surface area contributed by atoms with Gasteiger partial charge in [0.2, 0.25) is 5.91 Å². The van der Waals surface area contributed by atoms with Crippen molar-refractivity contribution in [1.82, 2.24) is 0 Å². The minimum Gasteiger partial charge on any atom is -0.326 e. The van der Waals surface area contributed by atoms with Crippen LogP contribution in [0, 0.1) is 0 Å². The van der Waals surface area contributed by atoms with Gasteiger partial charge < -0.3 is 10.6 Å². The number of thiophene rings is 1. The van der Waals surface area contributed by atoms with Crippen molar-refractivity contribution in [2.75, 3.05) is 10.6 Å². The summed E-state index contributed by atoms with van der Waals surface area (Å²) in [5, 5.41) is 7.91. The maximum Gasteiger partial charge on any atom is 0.256 e. The highest BCUT2D eigenvalue weighted by Crippen LogP contribution is 2.30. The maximum atomic E-state index is 12.8. The Kier molecular flexibility index (Phi) is 6.55. The summed E-state index contributed by atoms with van der Waals surface area (Å²) in [6.45, 7) is 1.42. The number of hydrogen-bond donors (Lipinski definition) is 2. The first-order valence-electron chi connectivity index (χ1n) is 8.15. The molecule has 138 valence electrons. The van der Waals surface area contributed by atoms with Crippen molar-refractivity contribution in [1.29, 1.82) is 0 Å². The Hall–Kier alpha value is -2.28. The van der Waals surface area contributed by atoms with Gasteiger partial charge in [0.1, 0.15) is 0 Å². The molecule has 0 fully saturated rings. The van der Waals surface area contributed by atoms with Crippen LogP contribution in [-0.4, -0.2) is 11.8 Å². The number of rotatable bonds is 6. The second-order valence-electron chi connectivity index (χ2n) is 5.69. The van der Waals surface area contributed by atoms with E-state index in [-0.39, 0.29) is 11.8 Å². The fraction of sp³-hybridized carbons (Fsp3) is 0.100. The predicted octanol–water partition coefficient (Wildman–Crippen LogP) is 5.90. The lowest BCUT2D eigenvalue weighted by Gasteiger charge is -2.12. The quantitative estimate of drug-likeness (QED) is 0.491. The summed E-state index contributed by atoms with van der Waals surface area (Å²) < 4.78 is 0. The third-order valence-corrected chi connectivity index (χ3v) is 6.11. The van der Waals surface area contributed by atoms with Gasteiger partial charge in [-0.15, -0.1) is 23.1 Å². The predicted molar refractivity (Wildman–Crippen MR) is 114 cm³/mol. The van der Waals surface area contributed by atoms with E-state index in [9.17, 15) is 9.59 Å². The van der Waals surface area contributed by atoms with Crippen LogP contribution in [0.15, 0.2) is 64.9 Å². The number of benzene rings is 2. The SMILES string of the molecule is CC(=O)Nc1ccc(NC(=O)c2ccccc2SCc2cccs2)c(Cl)c1.